The van der Waals surface area contributed by atoms with Gasteiger partial charge in [-0.05, 0) is 32.4 Å². The van der Waals surface area contributed by atoms with Gasteiger partial charge in [0.15, 0.2) is 5.52 Å². The summed E-state index contributed by atoms with van der Waals surface area (Å²) in [7, 11) is -2.20. The molecule has 0 amide bonds. The summed E-state index contributed by atoms with van der Waals surface area (Å²) in [5, 5.41) is 4.45. The molecule has 4 rings (SSSR count). The van der Waals surface area contributed by atoms with E-state index < -0.39 is 15.6 Å². The average Bonchev–Trinajstić information content (AvgIpc) is 3.29. The summed E-state index contributed by atoms with van der Waals surface area (Å²) in [5.74, 6) is 0.392. The molecule has 0 aliphatic carbocycles. The highest BCUT2D eigenvalue weighted by atomic mass is 32.2. The number of aromatic amines is 1. The SMILES string of the molecule is CCc1c2nc(-c3cc(S(=O)(=O)N4CCN(CC)CC4)cnc3OC(C)CC)[nH]c(=O)c2nn1CCOC. The Morgan fingerprint density at radius 2 is 1.87 bits per heavy atom. The molecule has 3 aromatic rings. The van der Waals surface area contributed by atoms with E-state index in [0.29, 0.717) is 56.8 Å². The van der Waals surface area contributed by atoms with Crippen molar-refractivity contribution in [3.05, 3.63) is 28.3 Å². The fraction of sp³-hybridized carbons (Fsp3) is 0.600. The van der Waals surface area contributed by atoms with Gasteiger partial charge in [-0.1, -0.05) is 20.8 Å². The minimum absolute atomic E-state index is 0.0307. The van der Waals surface area contributed by atoms with Crippen LogP contribution in [0.25, 0.3) is 22.4 Å². The maximum atomic E-state index is 13.5. The first kappa shape index (κ1) is 28.1. The number of sulfonamides is 1. The van der Waals surface area contributed by atoms with E-state index >= 15 is 0 Å². The molecule has 1 atom stereocenters. The molecule has 0 saturated carbocycles. The first-order valence-corrected chi connectivity index (χ1v) is 14.6. The number of piperazine rings is 1. The van der Waals surface area contributed by atoms with Crippen LogP contribution in [0.5, 0.6) is 5.88 Å². The first-order valence-electron chi connectivity index (χ1n) is 13.1. The third-order valence-electron chi connectivity index (χ3n) is 6.93. The number of aryl methyl sites for hydroxylation is 1. The fourth-order valence-corrected chi connectivity index (χ4v) is 5.85. The van der Waals surface area contributed by atoms with E-state index in [1.165, 1.54) is 16.6 Å². The van der Waals surface area contributed by atoms with Crippen molar-refractivity contribution in [1.29, 1.82) is 0 Å². The average molecular weight is 548 g/mol. The molecule has 12 nitrogen and oxygen atoms in total. The zero-order valence-electron chi connectivity index (χ0n) is 22.7. The molecule has 208 valence electrons. The Morgan fingerprint density at radius 1 is 1.13 bits per heavy atom. The van der Waals surface area contributed by atoms with Crippen LogP contribution in [0.4, 0.5) is 0 Å². The lowest BCUT2D eigenvalue weighted by Crippen LogP contribution is -2.48. The molecule has 0 bridgehead atoms. The third kappa shape index (κ3) is 5.60. The molecular weight excluding hydrogens is 510 g/mol. The molecule has 38 heavy (non-hydrogen) atoms. The smallest absolute Gasteiger partial charge is 0.279 e. The molecule has 1 aliphatic rings. The van der Waals surface area contributed by atoms with E-state index in [2.05, 4.69) is 26.9 Å². The van der Waals surface area contributed by atoms with E-state index in [-0.39, 0.29) is 28.2 Å². The Morgan fingerprint density at radius 3 is 2.50 bits per heavy atom. The van der Waals surface area contributed by atoms with Crippen LogP contribution in [0, 0.1) is 0 Å². The summed E-state index contributed by atoms with van der Waals surface area (Å²) in [6.07, 6.45) is 2.46. The summed E-state index contributed by atoms with van der Waals surface area (Å²) in [4.78, 5) is 27.3. The predicted molar refractivity (Wildman–Crippen MR) is 144 cm³/mol. The second kappa shape index (κ2) is 11.9. The molecule has 1 fully saturated rings. The van der Waals surface area contributed by atoms with Crippen molar-refractivity contribution in [3.63, 3.8) is 0 Å². The number of nitrogens with zero attached hydrogens (tertiary/aromatic N) is 6. The van der Waals surface area contributed by atoms with Crippen molar-refractivity contribution in [2.24, 2.45) is 0 Å². The summed E-state index contributed by atoms with van der Waals surface area (Å²) >= 11 is 0. The van der Waals surface area contributed by atoms with Crippen LogP contribution in [0.1, 0.15) is 39.8 Å². The molecule has 1 unspecified atom stereocenters. The van der Waals surface area contributed by atoms with E-state index in [9.17, 15) is 13.2 Å². The topological polar surface area (TPSA) is 136 Å². The molecule has 3 aromatic heterocycles. The maximum absolute atomic E-state index is 13.5. The first-order chi connectivity index (χ1) is 18.2. The lowest BCUT2D eigenvalue weighted by atomic mass is 10.2. The summed E-state index contributed by atoms with van der Waals surface area (Å²) < 4.78 is 41.5. The van der Waals surface area contributed by atoms with Gasteiger partial charge in [-0.3, -0.25) is 9.48 Å². The fourth-order valence-electron chi connectivity index (χ4n) is 4.45. The van der Waals surface area contributed by atoms with E-state index in [0.717, 1.165) is 18.7 Å². The van der Waals surface area contributed by atoms with Gasteiger partial charge in [-0.15, -0.1) is 0 Å². The van der Waals surface area contributed by atoms with Crippen molar-refractivity contribution in [2.45, 2.75) is 58.1 Å². The number of hydrogen-bond acceptors (Lipinski definition) is 9. The molecule has 0 spiro atoms. The standard InChI is InChI=1S/C25H37N7O5S/c1-6-17(4)37-25-19(15-18(16-26-25)38(34,35)31-11-9-30(8-3)10-12-31)23-27-21-20(7-2)32(13-14-36-5)29-22(21)24(33)28-23/h15-17H,6-14H2,1-5H3,(H,27,28,33). The summed E-state index contributed by atoms with van der Waals surface area (Å²) in [5.41, 5.74) is 1.36. The zero-order chi connectivity index (χ0) is 27.4. The van der Waals surface area contributed by atoms with Crippen LogP contribution in [0.2, 0.25) is 0 Å². The number of ether oxygens (including phenoxy) is 2. The number of rotatable bonds is 11. The number of H-pyrrole nitrogens is 1. The number of fused-ring (bicyclic) bond motifs is 1. The number of likely N-dealkylation sites (N-methyl/N-ethyl adjacent to an activating group) is 1. The largest absolute Gasteiger partial charge is 0.474 e. The van der Waals surface area contributed by atoms with Gasteiger partial charge in [0.2, 0.25) is 15.9 Å². The van der Waals surface area contributed by atoms with Gasteiger partial charge < -0.3 is 19.4 Å². The molecule has 1 saturated heterocycles. The highest BCUT2D eigenvalue weighted by Gasteiger charge is 2.30. The van der Waals surface area contributed by atoms with Crippen molar-refractivity contribution in [3.8, 4) is 17.3 Å². The Balaban J connectivity index is 1.83. The van der Waals surface area contributed by atoms with Crippen LogP contribution in [0.3, 0.4) is 0 Å². The lowest BCUT2D eigenvalue weighted by molar-refractivity contribution is 0.183. The van der Waals surface area contributed by atoms with Gasteiger partial charge in [0.1, 0.15) is 16.2 Å². The van der Waals surface area contributed by atoms with Crippen LogP contribution < -0.4 is 10.3 Å². The molecule has 1 aliphatic heterocycles. The number of pyridine rings is 1. The number of nitrogens with one attached hydrogen (secondary N) is 1. The summed E-state index contributed by atoms with van der Waals surface area (Å²) in [6, 6.07) is 1.50. The minimum Gasteiger partial charge on any atom is -0.474 e. The van der Waals surface area contributed by atoms with Gasteiger partial charge in [0, 0.05) is 33.3 Å². The predicted octanol–water partition coefficient (Wildman–Crippen LogP) is 1.89. The number of aromatic nitrogens is 5. The van der Waals surface area contributed by atoms with Gasteiger partial charge >= 0.3 is 0 Å². The van der Waals surface area contributed by atoms with Gasteiger partial charge in [0.05, 0.1) is 36.7 Å². The van der Waals surface area contributed by atoms with Crippen LogP contribution in [-0.4, -0.2) is 94.9 Å². The lowest BCUT2D eigenvalue weighted by Gasteiger charge is -2.33. The van der Waals surface area contributed by atoms with Crippen LogP contribution in [-0.2, 0) is 27.7 Å². The van der Waals surface area contributed by atoms with Crippen molar-refractivity contribution < 1.29 is 17.9 Å². The Bertz CT molecular complexity index is 1430. The Kier molecular flexibility index (Phi) is 8.81. The van der Waals surface area contributed by atoms with Crippen LogP contribution >= 0.6 is 0 Å². The second-order valence-corrected chi connectivity index (χ2v) is 11.3. The van der Waals surface area contributed by atoms with Crippen molar-refractivity contribution in [2.75, 3.05) is 46.4 Å². The highest BCUT2D eigenvalue weighted by Crippen LogP contribution is 2.31. The molecule has 13 heteroatoms. The molecular formula is C25H37N7O5S. The number of hydrogen-bond donors (Lipinski definition) is 1. The van der Waals surface area contributed by atoms with E-state index in [1.54, 1.807) is 11.8 Å². The number of methoxy groups -OCH3 is 1. The monoisotopic (exact) mass is 547 g/mol. The minimum atomic E-state index is -3.81. The Hall–Kier alpha value is -2.87. The molecule has 1 N–H and O–H groups in total. The van der Waals surface area contributed by atoms with Gasteiger partial charge in [-0.2, -0.15) is 9.40 Å². The molecule has 0 radical (unpaired) electrons. The van der Waals surface area contributed by atoms with E-state index in [1.807, 2.05) is 20.8 Å². The Labute approximate surface area is 223 Å². The quantitative estimate of drug-likeness (QED) is 0.382. The molecule has 0 aromatic carbocycles. The van der Waals surface area contributed by atoms with Crippen molar-refractivity contribution >= 4 is 21.1 Å². The zero-order valence-corrected chi connectivity index (χ0v) is 23.5. The second-order valence-electron chi connectivity index (χ2n) is 9.33. The highest BCUT2D eigenvalue weighted by molar-refractivity contribution is 7.89. The maximum Gasteiger partial charge on any atom is 0.279 e. The van der Waals surface area contributed by atoms with E-state index in [4.69, 9.17) is 14.5 Å². The molecule has 4 heterocycles. The summed E-state index contributed by atoms with van der Waals surface area (Å²) in [6.45, 7) is 11.8. The third-order valence-corrected chi connectivity index (χ3v) is 8.79. The van der Waals surface area contributed by atoms with Gasteiger partial charge in [-0.25, -0.2) is 18.4 Å². The van der Waals surface area contributed by atoms with Crippen molar-refractivity contribution in [1.82, 2.24) is 33.9 Å². The van der Waals surface area contributed by atoms with Gasteiger partial charge in [0.25, 0.3) is 5.56 Å². The van der Waals surface area contributed by atoms with Crippen LogP contribution in [0.15, 0.2) is 22.0 Å². The normalized spacial score (nSPS) is 16.2.